The lowest BCUT2D eigenvalue weighted by molar-refractivity contribution is -0.737. The molecule has 0 fully saturated rings. The van der Waals surface area contributed by atoms with Gasteiger partial charge in [-0.15, -0.1) is 0 Å². The van der Waals surface area contributed by atoms with Gasteiger partial charge in [-0.25, -0.2) is 9.13 Å². The Morgan fingerprint density at radius 1 is 0.773 bits per heavy atom. The fourth-order valence-electron chi connectivity index (χ4n) is 2.28. The molecule has 0 bridgehead atoms. The van der Waals surface area contributed by atoms with Gasteiger partial charge < -0.3 is 14.9 Å². The van der Waals surface area contributed by atoms with Crippen LogP contribution < -0.4 is 18.9 Å². The smallest absolute Gasteiger partial charge is 0.180 e. The summed E-state index contributed by atoms with van der Waals surface area (Å²) < 4.78 is 4.01. The maximum atomic E-state index is 10.3. The van der Waals surface area contributed by atoms with E-state index in [1.165, 1.54) is 0 Å². The Balaban J connectivity index is 1.93. The van der Waals surface area contributed by atoms with Crippen LogP contribution in [0.25, 0.3) is 0 Å². The van der Waals surface area contributed by atoms with E-state index in [2.05, 4.69) is 9.80 Å². The first-order chi connectivity index (χ1) is 10.5. The van der Waals surface area contributed by atoms with Crippen LogP contribution in [0.4, 0.5) is 11.4 Å². The Bertz CT molecular complexity index is 525. The highest BCUT2D eigenvalue weighted by molar-refractivity contribution is 5.41. The second-order valence-electron chi connectivity index (χ2n) is 5.95. The number of hydrogen-bond donors (Lipinski definition) is 1. The van der Waals surface area contributed by atoms with Gasteiger partial charge in [0.1, 0.15) is 0 Å². The topological polar surface area (TPSA) is 34.5 Å². The van der Waals surface area contributed by atoms with Crippen molar-refractivity contribution in [2.24, 2.45) is 0 Å². The van der Waals surface area contributed by atoms with Crippen LogP contribution in [0, 0.1) is 0 Å². The molecule has 0 aliphatic heterocycles. The summed E-state index contributed by atoms with van der Waals surface area (Å²) in [5, 5.41) is 10.3. The molecule has 0 aliphatic carbocycles. The summed E-state index contributed by atoms with van der Waals surface area (Å²) in [6.07, 6.45) is 7.57. The van der Waals surface area contributed by atoms with Gasteiger partial charge in [0, 0.05) is 63.8 Å². The predicted octanol–water partition coefficient (Wildman–Crippen LogP) is 0.455. The molecule has 2 rings (SSSR count). The molecule has 5 nitrogen and oxygen atoms in total. The molecular weight excluding hydrogens is 276 g/mol. The lowest BCUT2D eigenvalue weighted by Crippen LogP contribution is -2.47. The minimum Gasteiger partial charge on any atom is -0.381 e. The summed E-state index contributed by atoms with van der Waals surface area (Å²) in [4.78, 5) is 4.12. The van der Waals surface area contributed by atoms with Gasteiger partial charge in [-0.3, -0.25) is 0 Å². The van der Waals surface area contributed by atoms with Gasteiger partial charge in [-0.2, -0.15) is 0 Å². The second kappa shape index (κ2) is 7.22. The van der Waals surface area contributed by atoms with Crippen LogP contribution in [0.5, 0.6) is 0 Å². The van der Waals surface area contributed by atoms with Crippen molar-refractivity contribution in [3.8, 4) is 0 Å². The van der Waals surface area contributed by atoms with E-state index >= 15 is 0 Å². The molecule has 5 heteroatoms. The summed E-state index contributed by atoms with van der Waals surface area (Å²) in [5.74, 6) is 0. The van der Waals surface area contributed by atoms with Crippen molar-refractivity contribution in [1.29, 1.82) is 0 Å². The van der Waals surface area contributed by atoms with Crippen molar-refractivity contribution >= 4 is 11.4 Å². The average molecular weight is 302 g/mol. The van der Waals surface area contributed by atoms with E-state index in [-0.39, 0.29) is 0 Å². The maximum Gasteiger partial charge on any atom is 0.180 e. The van der Waals surface area contributed by atoms with Crippen LogP contribution >= 0.6 is 0 Å². The predicted molar refractivity (Wildman–Crippen MR) is 87.9 cm³/mol. The summed E-state index contributed by atoms with van der Waals surface area (Å²) in [6, 6.07) is 8.19. The monoisotopic (exact) mass is 302 g/mol. The first-order valence-corrected chi connectivity index (χ1v) is 7.46. The fourth-order valence-corrected chi connectivity index (χ4v) is 2.28. The fraction of sp³-hybridized carbons (Fsp3) is 0.412. The van der Waals surface area contributed by atoms with Gasteiger partial charge in [0.15, 0.2) is 44.0 Å². The Kier molecular flexibility index (Phi) is 5.33. The van der Waals surface area contributed by atoms with Crippen LogP contribution in [0.1, 0.15) is 0 Å². The summed E-state index contributed by atoms with van der Waals surface area (Å²) in [7, 11) is 8.07. The molecule has 2 heterocycles. The molecule has 0 unspecified atom stereocenters. The number of hydrogen-bond acceptors (Lipinski definition) is 3. The number of aliphatic hydroxyl groups excluding tert-OH is 1. The number of rotatable bonds is 6. The second-order valence-corrected chi connectivity index (χ2v) is 5.95. The van der Waals surface area contributed by atoms with E-state index in [1.807, 2.05) is 86.4 Å². The number of pyridine rings is 2. The lowest BCUT2D eigenvalue weighted by atomic mass is 10.3. The third kappa shape index (κ3) is 4.43. The molecule has 0 aliphatic rings. The minimum absolute atomic E-state index is 0.426. The molecule has 0 atom stereocenters. The Morgan fingerprint density at radius 3 is 1.36 bits per heavy atom. The van der Waals surface area contributed by atoms with E-state index in [1.54, 1.807) is 0 Å². The van der Waals surface area contributed by atoms with Crippen molar-refractivity contribution in [2.45, 2.75) is 19.2 Å². The molecule has 0 saturated heterocycles. The number of aromatic nitrogens is 2. The normalized spacial score (nSPS) is 10.8. The quantitative estimate of drug-likeness (QED) is 0.787. The molecule has 0 aromatic carbocycles. The number of nitrogens with zero attached hydrogens (tertiary/aromatic N) is 4. The summed E-state index contributed by atoms with van der Waals surface area (Å²) >= 11 is 0. The van der Waals surface area contributed by atoms with Crippen LogP contribution in [0.2, 0.25) is 0 Å². The minimum atomic E-state index is -0.426. The van der Waals surface area contributed by atoms with Crippen LogP contribution in [-0.4, -0.2) is 39.4 Å². The van der Waals surface area contributed by atoms with Crippen molar-refractivity contribution in [1.82, 2.24) is 0 Å². The van der Waals surface area contributed by atoms with Crippen LogP contribution in [0.15, 0.2) is 49.1 Å². The summed E-state index contributed by atoms with van der Waals surface area (Å²) in [5.41, 5.74) is 2.30. The molecular formula is C17H26N4O+2. The number of anilines is 2. The Morgan fingerprint density at radius 2 is 1.09 bits per heavy atom. The van der Waals surface area contributed by atoms with E-state index in [0.29, 0.717) is 13.1 Å². The highest BCUT2D eigenvalue weighted by atomic mass is 16.3. The standard InChI is InChI=1S/C17H26N4O/c1-18(2)15-5-9-20(10-6-15)13-17(22)14-21-11-7-16(8-12-21)19(3)4/h5-12,17,22H,13-14H2,1-4H3/q+2. The molecule has 2 aromatic heterocycles. The van der Waals surface area contributed by atoms with E-state index in [9.17, 15) is 5.11 Å². The van der Waals surface area contributed by atoms with Crippen LogP contribution in [-0.2, 0) is 13.1 Å². The SMILES string of the molecule is CN(C)c1cc[n+](CC(O)C[n+]2ccc(N(C)C)cc2)cc1. The zero-order chi connectivity index (χ0) is 16.1. The van der Waals surface area contributed by atoms with E-state index < -0.39 is 6.10 Å². The molecule has 118 valence electrons. The molecule has 0 amide bonds. The summed E-state index contributed by atoms with van der Waals surface area (Å²) in [6.45, 7) is 1.16. The van der Waals surface area contributed by atoms with Gasteiger partial charge >= 0.3 is 0 Å². The van der Waals surface area contributed by atoms with E-state index in [4.69, 9.17) is 0 Å². The van der Waals surface area contributed by atoms with E-state index in [0.717, 1.165) is 11.4 Å². The molecule has 0 radical (unpaired) electrons. The first-order valence-electron chi connectivity index (χ1n) is 7.46. The Labute approximate surface area is 132 Å². The first kappa shape index (κ1) is 16.2. The zero-order valence-electron chi connectivity index (χ0n) is 13.8. The van der Waals surface area contributed by atoms with Gasteiger partial charge in [0.2, 0.25) is 0 Å². The van der Waals surface area contributed by atoms with Gasteiger partial charge in [0.05, 0.1) is 0 Å². The number of aliphatic hydroxyl groups is 1. The average Bonchev–Trinajstić information content (AvgIpc) is 2.48. The third-order valence-electron chi connectivity index (χ3n) is 3.62. The van der Waals surface area contributed by atoms with Crippen LogP contribution in [0.3, 0.4) is 0 Å². The largest absolute Gasteiger partial charge is 0.381 e. The van der Waals surface area contributed by atoms with Crippen molar-refractivity contribution in [2.75, 3.05) is 38.0 Å². The highest BCUT2D eigenvalue weighted by Crippen LogP contribution is 2.07. The molecule has 22 heavy (non-hydrogen) atoms. The molecule has 1 N–H and O–H groups in total. The van der Waals surface area contributed by atoms with Crippen molar-refractivity contribution in [3.05, 3.63) is 49.1 Å². The molecule has 0 saturated carbocycles. The van der Waals surface area contributed by atoms with Gasteiger partial charge in [-0.05, 0) is 0 Å². The molecule has 0 spiro atoms. The van der Waals surface area contributed by atoms with Crippen molar-refractivity contribution < 1.29 is 14.2 Å². The highest BCUT2D eigenvalue weighted by Gasteiger charge is 2.16. The Hall–Kier alpha value is -2.14. The zero-order valence-corrected chi connectivity index (χ0v) is 13.8. The third-order valence-corrected chi connectivity index (χ3v) is 3.62. The van der Waals surface area contributed by atoms with Gasteiger partial charge in [-0.1, -0.05) is 0 Å². The van der Waals surface area contributed by atoms with Crippen molar-refractivity contribution in [3.63, 3.8) is 0 Å². The van der Waals surface area contributed by atoms with Gasteiger partial charge in [0.25, 0.3) is 0 Å². The maximum absolute atomic E-state index is 10.3. The lowest BCUT2D eigenvalue weighted by Gasteiger charge is -2.11. The molecule has 2 aromatic rings.